The maximum Gasteiger partial charge on any atom is 0.366 e. The first-order chi connectivity index (χ1) is 15.0. The van der Waals surface area contributed by atoms with Crippen LogP contribution in [0.1, 0.15) is 6.92 Å². The predicted octanol–water partition coefficient (Wildman–Crippen LogP) is -5.31. The van der Waals surface area contributed by atoms with E-state index in [2.05, 4.69) is 5.32 Å². The molecule has 186 valence electrons. The van der Waals surface area contributed by atoms with Crippen molar-refractivity contribution in [1.29, 1.82) is 0 Å². The number of methoxy groups -OCH3 is 1. The van der Waals surface area contributed by atoms with Gasteiger partial charge in [0.1, 0.15) is 36.1 Å². The molecule has 0 aromatic carbocycles. The monoisotopic (exact) mass is 469 g/mol. The lowest BCUT2D eigenvalue weighted by Crippen LogP contribution is -2.84. The van der Waals surface area contributed by atoms with Gasteiger partial charge in [0.25, 0.3) is 5.79 Å². The number of aliphatic hydroxyl groups is 7. The molecule has 14 nitrogen and oxygen atoms in total. The number of carboxylic acid groups (broad SMARTS) is 1. The molecular weight excluding hydrogens is 438 g/mol. The van der Waals surface area contributed by atoms with E-state index in [1.807, 2.05) is 0 Å². The Bertz CT molecular complexity index is 665. The Morgan fingerprint density at radius 1 is 1.22 bits per heavy atom. The first-order valence-corrected chi connectivity index (χ1v) is 10.2. The lowest BCUT2D eigenvalue weighted by molar-refractivity contribution is -0.420. The molecule has 1 spiro atoms. The fourth-order valence-electron chi connectivity index (χ4n) is 4.67. The number of nitrogens with one attached hydrogen (secondary N) is 1. The smallest absolute Gasteiger partial charge is 0.366 e. The number of rotatable bonds is 6. The third-order valence-electron chi connectivity index (χ3n) is 6.61. The number of hydrogen-bond donors (Lipinski definition) is 9. The van der Waals surface area contributed by atoms with Gasteiger partial charge in [0.15, 0.2) is 6.29 Å². The van der Waals surface area contributed by atoms with E-state index >= 15 is 0 Å². The number of fused-ring (bicyclic) bond motifs is 1. The highest BCUT2D eigenvalue weighted by atomic mass is 16.8. The average Bonchev–Trinajstić information content (AvgIpc) is 2.79. The number of hydrogen-bond acceptors (Lipinski definition) is 13. The molecule has 9 N–H and O–H groups in total. The van der Waals surface area contributed by atoms with Crippen molar-refractivity contribution in [3.8, 4) is 0 Å². The molecular formula is C18H31NO13. The number of carbonyl (C=O) groups is 1. The van der Waals surface area contributed by atoms with Crippen LogP contribution in [0.2, 0.25) is 0 Å². The second-order valence-electron chi connectivity index (χ2n) is 8.41. The summed E-state index contributed by atoms with van der Waals surface area (Å²) >= 11 is 0. The molecule has 0 aromatic rings. The van der Waals surface area contributed by atoms with Gasteiger partial charge in [-0.05, 0) is 0 Å². The standard InChI is InChI=1S/C18H31NO13/c1-6-9(23)12-18(16(27)28,31-11(6)10(24)7(22)3-20)32-17(5-19-12)13(25)8(4-21)30-15(29-2)14(17)26/h6-15,19-26H,3-5H2,1-2H3,(H,27,28)/t6-,7?,8?,9+,10?,11?,12?,13+,14?,15-,17+,18+/m1/s1. The maximum atomic E-state index is 12.4. The molecule has 12 atom stereocenters. The number of carboxylic acids is 1. The summed E-state index contributed by atoms with van der Waals surface area (Å²) < 4.78 is 21.8. The zero-order valence-electron chi connectivity index (χ0n) is 17.5. The molecule has 0 radical (unpaired) electrons. The quantitative estimate of drug-likeness (QED) is 0.177. The van der Waals surface area contributed by atoms with Gasteiger partial charge in [0.05, 0.1) is 31.5 Å². The van der Waals surface area contributed by atoms with E-state index in [0.717, 1.165) is 0 Å². The van der Waals surface area contributed by atoms with E-state index in [-0.39, 0.29) is 6.54 Å². The Morgan fingerprint density at radius 3 is 2.41 bits per heavy atom. The first-order valence-electron chi connectivity index (χ1n) is 10.2. The van der Waals surface area contributed by atoms with Gasteiger partial charge in [0, 0.05) is 19.6 Å². The third-order valence-corrected chi connectivity index (χ3v) is 6.61. The van der Waals surface area contributed by atoms with Gasteiger partial charge in [-0.25, -0.2) is 4.79 Å². The van der Waals surface area contributed by atoms with Crippen LogP contribution in [-0.2, 0) is 23.7 Å². The Hall–Kier alpha value is -1.01. The van der Waals surface area contributed by atoms with Gasteiger partial charge in [-0.15, -0.1) is 0 Å². The van der Waals surface area contributed by atoms with Crippen molar-refractivity contribution in [2.45, 2.75) is 73.4 Å². The summed E-state index contributed by atoms with van der Waals surface area (Å²) in [4.78, 5) is 12.4. The molecule has 3 heterocycles. The van der Waals surface area contributed by atoms with Crippen molar-refractivity contribution in [2.75, 3.05) is 26.9 Å². The minimum Gasteiger partial charge on any atom is -0.477 e. The number of aliphatic carboxylic acids is 1. The van der Waals surface area contributed by atoms with Crippen LogP contribution in [0.15, 0.2) is 0 Å². The fourth-order valence-corrected chi connectivity index (χ4v) is 4.67. The molecule has 0 aliphatic carbocycles. The van der Waals surface area contributed by atoms with Crippen molar-refractivity contribution in [3.63, 3.8) is 0 Å². The molecule has 3 saturated heterocycles. The van der Waals surface area contributed by atoms with Gasteiger partial charge < -0.3 is 65.1 Å². The lowest BCUT2D eigenvalue weighted by Gasteiger charge is -2.60. The van der Waals surface area contributed by atoms with Crippen LogP contribution in [0.5, 0.6) is 0 Å². The summed E-state index contributed by atoms with van der Waals surface area (Å²) in [5, 5.41) is 84.3. The highest BCUT2D eigenvalue weighted by Gasteiger charge is 2.70. The van der Waals surface area contributed by atoms with Crippen LogP contribution >= 0.6 is 0 Å². The van der Waals surface area contributed by atoms with Crippen LogP contribution in [-0.4, -0.2) is 140 Å². The highest BCUT2D eigenvalue weighted by molar-refractivity contribution is 5.77. The Morgan fingerprint density at radius 2 is 1.88 bits per heavy atom. The number of morpholine rings is 1. The molecule has 0 bridgehead atoms. The van der Waals surface area contributed by atoms with Gasteiger partial charge in [0.2, 0.25) is 0 Å². The molecule has 3 aliphatic rings. The normalized spacial score (nSPS) is 48.8. The zero-order chi connectivity index (χ0) is 24.0. The molecule has 0 aromatic heterocycles. The molecule has 32 heavy (non-hydrogen) atoms. The molecule has 6 unspecified atom stereocenters. The minimum atomic E-state index is -2.75. The van der Waals surface area contributed by atoms with Gasteiger partial charge in [-0.1, -0.05) is 6.92 Å². The van der Waals surface area contributed by atoms with Gasteiger partial charge in [-0.3, -0.25) is 0 Å². The van der Waals surface area contributed by atoms with Crippen LogP contribution < -0.4 is 5.32 Å². The largest absolute Gasteiger partial charge is 0.477 e. The van der Waals surface area contributed by atoms with E-state index < -0.39 is 91.5 Å². The van der Waals surface area contributed by atoms with Crippen LogP contribution in [0, 0.1) is 5.92 Å². The predicted molar refractivity (Wildman–Crippen MR) is 99.9 cm³/mol. The van der Waals surface area contributed by atoms with E-state index in [4.69, 9.17) is 24.1 Å². The molecule has 3 rings (SSSR count). The summed E-state index contributed by atoms with van der Waals surface area (Å²) in [7, 11) is 1.19. The summed E-state index contributed by atoms with van der Waals surface area (Å²) in [6.07, 6.45) is -12.8. The van der Waals surface area contributed by atoms with E-state index in [0.29, 0.717) is 0 Å². The molecule has 0 amide bonds. The minimum absolute atomic E-state index is 0.381. The summed E-state index contributed by atoms with van der Waals surface area (Å²) in [5.41, 5.74) is -2.13. The number of aliphatic hydroxyl groups excluding tert-OH is 7. The van der Waals surface area contributed by atoms with E-state index in [1.165, 1.54) is 14.0 Å². The highest BCUT2D eigenvalue weighted by Crippen LogP contribution is 2.45. The lowest BCUT2D eigenvalue weighted by atomic mass is 9.76. The summed E-state index contributed by atoms with van der Waals surface area (Å²) in [6.45, 7) is -0.512. The van der Waals surface area contributed by atoms with E-state index in [9.17, 15) is 40.5 Å². The van der Waals surface area contributed by atoms with Crippen molar-refractivity contribution in [2.24, 2.45) is 5.92 Å². The Balaban J connectivity index is 2.05. The topological polar surface area (TPSA) is 228 Å². The zero-order valence-corrected chi connectivity index (χ0v) is 17.5. The average molecular weight is 469 g/mol. The molecule has 3 fully saturated rings. The van der Waals surface area contributed by atoms with Crippen molar-refractivity contribution in [3.05, 3.63) is 0 Å². The molecule has 3 aliphatic heterocycles. The first kappa shape index (κ1) is 25.6. The fraction of sp³-hybridized carbons (Fsp3) is 0.944. The van der Waals surface area contributed by atoms with Crippen molar-refractivity contribution >= 4 is 5.97 Å². The second-order valence-corrected chi connectivity index (χ2v) is 8.41. The molecule has 0 saturated carbocycles. The van der Waals surface area contributed by atoms with Gasteiger partial charge in [-0.2, -0.15) is 0 Å². The van der Waals surface area contributed by atoms with E-state index in [1.54, 1.807) is 0 Å². The summed E-state index contributed by atoms with van der Waals surface area (Å²) in [6, 6.07) is -1.41. The number of ether oxygens (including phenoxy) is 4. The van der Waals surface area contributed by atoms with Crippen molar-refractivity contribution in [1.82, 2.24) is 5.32 Å². The van der Waals surface area contributed by atoms with Crippen molar-refractivity contribution < 1.29 is 64.6 Å². The SMILES string of the molecule is CO[C@@H]1OC(CO)[C@H](O)[C@@]2(CNC3[C@@H](O)[C@@H](C)C(C(O)C(O)CO)O[C@]3(C(=O)O)O2)C1O. The van der Waals surface area contributed by atoms with Gasteiger partial charge >= 0.3 is 5.97 Å². The third kappa shape index (κ3) is 3.73. The summed E-state index contributed by atoms with van der Waals surface area (Å²) in [5.74, 6) is -5.42. The Labute approximate surface area is 182 Å². The van der Waals surface area contributed by atoms with Crippen LogP contribution in [0.25, 0.3) is 0 Å². The maximum absolute atomic E-state index is 12.4. The Kier molecular flexibility index (Phi) is 7.46. The van der Waals surface area contributed by atoms with Crippen LogP contribution in [0.3, 0.4) is 0 Å². The van der Waals surface area contributed by atoms with Crippen LogP contribution in [0.4, 0.5) is 0 Å². The second kappa shape index (κ2) is 9.32. The molecule has 14 heteroatoms.